The third kappa shape index (κ3) is 2.56. The van der Waals surface area contributed by atoms with Gasteiger partial charge in [0.15, 0.2) is 0 Å². The molecule has 0 aromatic heterocycles. The van der Waals surface area contributed by atoms with Gasteiger partial charge in [0.2, 0.25) is 10.0 Å². The predicted molar refractivity (Wildman–Crippen MR) is 68.9 cm³/mol. The molecule has 0 saturated carbocycles. The van der Waals surface area contributed by atoms with E-state index >= 15 is 0 Å². The molecule has 0 aliphatic carbocycles. The number of hydrogen-bond donors (Lipinski definition) is 1. The van der Waals surface area contributed by atoms with Gasteiger partial charge in [0.25, 0.3) is 11.8 Å². The van der Waals surface area contributed by atoms with Crippen molar-refractivity contribution in [3.63, 3.8) is 0 Å². The van der Waals surface area contributed by atoms with Gasteiger partial charge < -0.3 is 0 Å². The zero-order chi connectivity index (χ0) is 14.0. The fourth-order valence-corrected chi connectivity index (χ4v) is 2.74. The van der Waals surface area contributed by atoms with Crippen LogP contribution in [0.5, 0.6) is 0 Å². The van der Waals surface area contributed by atoms with Crippen LogP contribution in [0.2, 0.25) is 0 Å². The van der Waals surface area contributed by atoms with Gasteiger partial charge in [-0.05, 0) is 24.3 Å². The van der Waals surface area contributed by atoms with Crippen molar-refractivity contribution in [1.29, 1.82) is 0 Å². The SMILES string of the molecule is CCNS(=O)(=O)c1ccc(N2C(=O)C=CC2=O)cc1. The highest BCUT2D eigenvalue weighted by Gasteiger charge is 2.25. The maximum atomic E-state index is 11.7. The Balaban J connectivity index is 2.29. The van der Waals surface area contributed by atoms with E-state index in [1.165, 1.54) is 36.4 Å². The first-order chi connectivity index (χ1) is 8.95. The lowest BCUT2D eigenvalue weighted by Gasteiger charge is -2.14. The zero-order valence-corrected chi connectivity index (χ0v) is 11.0. The number of amides is 2. The third-order valence-corrected chi connectivity index (χ3v) is 4.11. The second-order valence-corrected chi connectivity index (χ2v) is 5.61. The first kappa shape index (κ1) is 13.4. The summed E-state index contributed by atoms with van der Waals surface area (Å²) in [6, 6.07) is 5.55. The molecule has 0 atom stereocenters. The smallest absolute Gasteiger partial charge is 0.258 e. The lowest BCUT2D eigenvalue weighted by molar-refractivity contribution is -0.119. The van der Waals surface area contributed by atoms with Crippen LogP contribution in [-0.4, -0.2) is 26.8 Å². The van der Waals surface area contributed by atoms with Gasteiger partial charge in [-0.15, -0.1) is 0 Å². The molecule has 19 heavy (non-hydrogen) atoms. The van der Waals surface area contributed by atoms with Gasteiger partial charge in [0.05, 0.1) is 10.6 Å². The molecule has 1 aromatic carbocycles. The summed E-state index contributed by atoms with van der Waals surface area (Å²) in [7, 11) is -3.53. The molecule has 1 aliphatic heterocycles. The maximum Gasteiger partial charge on any atom is 0.258 e. The van der Waals surface area contributed by atoms with Crippen LogP contribution in [0.15, 0.2) is 41.3 Å². The summed E-state index contributed by atoms with van der Waals surface area (Å²) < 4.78 is 25.8. The number of carbonyl (C=O) groups excluding carboxylic acids is 2. The van der Waals surface area contributed by atoms with E-state index in [-0.39, 0.29) is 11.4 Å². The van der Waals surface area contributed by atoms with Gasteiger partial charge in [-0.25, -0.2) is 18.0 Å². The van der Waals surface area contributed by atoms with Crippen molar-refractivity contribution in [2.24, 2.45) is 0 Å². The van der Waals surface area contributed by atoms with E-state index in [0.717, 1.165) is 4.90 Å². The molecule has 0 radical (unpaired) electrons. The third-order valence-electron chi connectivity index (χ3n) is 2.55. The molecular formula is C12H12N2O4S. The van der Waals surface area contributed by atoms with Crippen molar-refractivity contribution in [1.82, 2.24) is 4.72 Å². The van der Waals surface area contributed by atoms with Crippen LogP contribution in [0.3, 0.4) is 0 Å². The minimum absolute atomic E-state index is 0.0881. The van der Waals surface area contributed by atoms with Crippen LogP contribution in [0.4, 0.5) is 5.69 Å². The Hall–Kier alpha value is -1.99. The summed E-state index contributed by atoms with van der Waals surface area (Å²) in [5.41, 5.74) is 0.343. The van der Waals surface area contributed by atoms with E-state index in [1.54, 1.807) is 6.92 Å². The van der Waals surface area contributed by atoms with Crippen molar-refractivity contribution >= 4 is 27.5 Å². The van der Waals surface area contributed by atoms with E-state index in [9.17, 15) is 18.0 Å². The Morgan fingerprint density at radius 2 is 1.58 bits per heavy atom. The first-order valence-corrected chi connectivity index (χ1v) is 7.10. The molecule has 1 aliphatic rings. The van der Waals surface area contributed by atoms with Crippen molar-refractivity contribution in [3.05, 3.63) is 36.4 Å². The summed E-state index contributed by atoms with van der Waals surface area (Å²) in [5.74, 6) is -0.875. The van der Waals surface area contributed by atoms with Gasteiger partial charge in [-0.2, -0.15) is 0 Å². The summed E-state index contributed by atoms with van der Waals surface area (Å²) in [5, 5.41) is 0. The average Bonchev–Trinajstić information content (AvgIpc) is 2.69. The molecule has 0 unspecified atom stereocenters. The van der Waals surface area contributed by atoms with Crippen molar-refractivity contribution in [2.45, 2.75) is 11.8 Å². The Morgan fingerprint density at radius 3 is 2.05 bits per heavy atom. The second kappa shape index (κ2) is 4.94. The fraction of sp³-hybridized carbons (Fsp3) is 0.167. The molecule has 7 heteroatoms. The maximum absolute atomic E-state index is 11.7. The Labute approximate surface area is 110 Å². The molecule has 2 rings (SSSR count). The normalized spacial score (nSPS) is 15.3. The summed E-state index contributed by atoms with van der Waals surface area (Å²) >= 11 is 0. The fourth-order valence-electron chi connectivity index (χ4n) is 1.70. The highest BCUT2D eigenvalue weighted by Crippen LogP contribution is 2.21. The van der Waals surface area contributed by atoms with E-state index in [0.29, 0.717) is 5.69 Å². The van der Waals surface area contributed by atoms with Gasteiger partial charge in [0.1, 0.15) is 0 Å². The molecule has 1 N–H and O–H groups in total. The van der Waals surface area contributed by atoms with Gasteiger partial charge in [0, 0.05) is 18.7 Å². The number of sulfonamides is 1. The molecule has 0 spiro atoms. The summed E-state index contributed by atoms with van der Waals surface area (Å²) in [6.45, 7) is 1.97. The minimum atomic E-state index is -3.53. The molecule has 1 aromatic rings. The van der Waals surface area contributed by atoms with Crippen molar-refractivity contribution in [2.75, 3.05) is 11.4 Å². The number of imide groups is 1. The van der Waals surface area contributed by atoms with Crippen molar-refractivity contribution in [3.8, 4) is 0 Å². The van der Waals surface area contributed by atoms with Crippen molar-refractivity contribution < 1.29 is 18.0 Å². The number of carbonyl (C=O) groups is 2. The largest absolute Gasteiger partial charge is 0.269 e. The van der Waals surface area contributed by atoms with Gasteiger partial charge >= 0.3 is 0 Å². The Morgan fingerprint density at radius 1 is 1.05 bits per heavy atom. The van der Waals surface area contributed by atoms with Gasteiger partial charge in [-0.3, -0.25) is 9.59 Å². The lowest BCUT2D eigenvalue weighted by Crippen LogP contribution is -2.29. The molecule has 0 saturated heterocycles. The molecule has 1 heterocycles. The number of nitrogens with zero attached hydrogens (tertiary/aromatic N) is 1. The van der Waals surface area contributed by atoms with E-state index in [4.69, 9.17) is 0 Å². The van der Waals surface area contributed by atoms with E-state index < -0.39 is 21.8 Å². The first-order valence-electron chi connectivity index (χ1n) is 5.61. The average molecular weight is 280 g/mol. The molecule has 0 bridgehead atoms. The second-order valence-electron chi connectivity index (χ2n) is 3.84. The van der Waals surface area contributed by atoms with Crippen LogP contribution >= 0.6 is 0 Å². The Kier molecular flexibility index (Phi) is 3.50. The van der Waals surface area contributed by atoms with Crippen LogP contribution in [0, 0.1) is 0 Å². The lowest BCUT2D eigenvalue weighted by atomic mass is 10.3. The number of nitrogens with one attached hydrogen (secondary N) is 1. The number of rotatable bonds is 4. The summed E-state index contributed by atoms with van der Waals surface area (Å²) in [6.07, 6.45) is 2.34. The molecule has 2 amide bonds. The van der Waals surface area contributed by atoms with E-state index in [2.05, 4.69) is 4.72 Å². The quantitative estimate of drug-likeness (QED) is 0.810. The number of anilines is 1. The van der Waals surface area contributed by atoms with E-state index in [1.807, 2.05) is 0 Å². The molecular weight excluding hydrogens is 268 g/mol. The molecule has 0 fully saturated rings. The van der Waals surface area contributed by atoms with Crippen LogP contribution < -0.4 is 9.62 Å². The minimum Gasteiger partial charge on any atom is -0.269 e. The highest BCUT2D eigenvalue weighted by atomic mass is 32.2. The van der Waals surface area contributed by atoms with Crippen LogP contribution in [-0.2, 0) is 19.6 Å². The number of hydrogen-bond acceptors (Lipinski definition) is 4. The zero-order valence-electron chi connectivity index (χ0n) is 10.2. The number of benzene rings is 1. The standard InChI is InChI=1S/C12H12N2O4S/c1-2-13-19(17,18)10-5-3-9(4-6-10)14-11(15)7-8-12(14)16/h3-8,13H,2H2,1H3. The summed E-state index contributed by atoms with van der Waals surface area (Å²) in [4.78, 5) is 24.0. The van der Waals surface area contributed by atoms with Crippen LogP contribution in [0.1, 0.15) is 6.92 Å². The van der Waals surface area contributed by atoms with Crippen LogP contribution in [0.25, 0.3) is 0 Å². The van der Waals surface area contributed by atoms with Gasteiger partial charge in [-0.1, -0.05) is 6.92 Å². The predicted octanol–water partition coefficient (Wildman–Crippen LogP) is 0.414. The topological polar surface area (TPSA) is 83.6 Å². The Bertz CT molecular complexity index is 629. The molecule has 100 valence electrons. The monoisotopic (exact) mass is 280 g/mol. The highest BCUT2D eigenvalue weighted by molar-refractivity contribution is 7.89. The molecule has 6 nitrogen and oxygen atoms in total.